The van der Waals surface area contributed by atoms with Crippen LogP contribution >= 0.6 is 0 Å². The summed E-state index contributed by atoms with van der Waals surface area (Å²) in [5.74, 6) is 0.655. The van der Waals surface area contributed by atoms with E-state index in [9.17, 15) is 9.59 Å². The molecule has 0 saturated heterocycles. The van der Waals surface area contributed by atoms with Gasteiger partial charge in [-0.2, -0.15) is 0 Å². The summed E-state index contributed by atoms with van der Waals surface area (Å²) in [6, 6.07) is 12.7. The zero-order valence-corrected chi connectivity index (χ0v) is 14.0. The molecule has 0 aliphatic rings. The number of nitrogens with two attached hydrogens (primary N) is 1. The molecule has 2 rings (SSSR count). The Morgan fingerprint density at radius 2 is 1.48 bits per heavy atom. The molecule has 0 fully saturated rings. The molecule has 0 heterocycles. The number of methoxy groups -OCH3 is 2. The quantitative estimate of drug-likeness (QED) is 0.802. The maximum Gasteiger partial charge on any atom is 0.408 e. The highest BCUT2D eigenvalue weighted by Gasteiger charge is 2.21. The second kappa shape index (κ2) is 8.58. The Morgan fingerprint density at radius 3 is 1.96 bits per heavy atom. The van der Waals surface area contributed by atoms with Crippen molar-refractivity contribution in [3.05, 3.63) is 59.7 Å². The summed E-state index contributed by atoms with van der Waals surface area (Å²) in [5.41, 5.74) is 6.70. The fourth-order valence-electron chi connectivity index (χ4n) is 2.15. The number of rotatable bonds is 7. The van der Waals surface area contributed by atoms with Crippen LogP contribution in [-0.2, 0) is 16.1 Å². The Bertz CT molecular complexity index is 713. The van der Waals surface area contributed by atoms with E-state index in [1.54, 1.807) is 55.6 Å². The zero-order chi connectivity index (χ0) is 18.2. The van der Waals surface area contributed by atoms with E-state index in [1.807, 2.05) is 0 Å². The first-order valence-electron chi connectivity index (χ1n) is 7.53. The molecule has 0 radical (unpaired) electrons. The number of carbonyl (C=O) groups is 2. The van der Waals surface area contributed by atoms with Crippen LogP contribution in [0.1, 0.15) is 17.2 Å². The Morgan fingerprint density at radius 1 is 0.960 bits per heavy atom. The van der Waals surface area contributed by atoms with Crippen LogP contribution in [0.4, 0.5) is 4.79 Å². The van der Waals surface area contributed by atoms with Gasteiger partial charge in [0.1, 0.15) is 24.1 Å². The number of amides is 2. The van der Waals surface area contributed by atoms with E-state index >= 15 is 0 Å². The van der Waals surface area contributed by atoms with Gasteiger partial charge in [0.2, 0.25) is 5.91 Å². The number of alkyl carbamates (subject to hydrolysis) is 1. The predicted octanol–water partition coefficient (Wildman–Crippen LogP) is 2.16. The maximum atomic E-state index is 12.0. The molecule has 0 aromatic heterocycles. The van der Waals surface area contributed by atoms with Crippen molar-refractivity contribution in [3.8, 4) is 11.5 Å². The first-order valence-corrected chi connectivity index (χ1v) is 7.53. The van der Waals surface area contributed by atoms with Crippen LogP contribution in [0.5, 0.6) is 11.5 Å². The first kappa shape index (κ1) is 18.1. The van der Waals surface area contributed by atoms with Gasteiger partial charge in [0.05, 0.1) is 14.2 Å². The molecule has 2 aromatic carbocycles. The van der Waals surface area contributed by atoms with Crippen LogP contribution in [0.3, 0.4) is 0 Å². The Hall–Kier alpha value is -3.22. The fraction of sp³-hybridized carbons (Fsp3) is 0.222. The van der Waals surface area contributed by atoms with Gasteiger partial charge in [-0.15, -0.1) is 0 Å². The molecule has 2 aromatic rings. The monoisotopic (exact) mass is 344 g/mol. The van der Waals surface area contributed by atoms with E-state index in [2.05, 4.69) is 5.32 Å². The average Bonchev–Trinajstić information content (AvgIpc) is 2.64. The maximum absolute atomic E-state index is 12.0. The van der Waals surface area contributed by atoms with Crippen LogP contribution in [0.15, 0.2) is 48.5 Å². The van der Waals surface area contributed by atoms with Crippen molar-refractivity contribution in [2.45, 2.75) is 12.6 Å². The SMILES string of the molecule is COc1ccc(COC(=O)NC(C(N)=O)c2ccc(OC)cc2)cc1. The van der Waals surface area contributed by atoms with Gasteiger partial charge in [-0.3, -0.25) is 4.79 Å². The topological polar surface area (TPSA) is 99.9 Å². The average molecular weight is 344 g/mol. The number of hydrogen-bond donors (Lipinski definition) is 2. The van der Waals surface area contributed by atoms with E-state index < -0.39 is 18.0 Å². The van der Waals surface area contributed by atoms with E-state index in [0.717, 1.165) is 5.56 Å². The highest BCUT2D eigenvalue weighted by atomic mass is 16.5. The number of hydrogen-bond acceptors (Lipinski definition) is 5. The third kappa shape index (κ3) is 5.13. The molecule has 0 saturated carbocycles. The Labute approximate surface area is 145 Å². The summed E-state index contributed by atoms with van der Waals surface area (Å²) in [6.07, 6.45) is -0.740. The van der Waals surface area contributed by atoms with Gasteiger partial charge in [-0.25, -0.2) is 4.79 Å². The Balaban J connectivity index is 1.95. The van der Waals surface area contributed by atoms with Gasteiger partial charge in [-0.05, 0) is 35.4 Å². The smallest absolute Gasteiger partial charge is 0.408 e. The third-order valence-electron chi connectivity index (χ3n) is 3.52. The van der Waals surface area contributed by atoms with Crippen molar-refractivity contribution >= 4 is 12.0 Å². The minimum atomic E-state index is -0.991. The van der Waals surface area contributed by atoms with Crippen molar-refractivity contribution in [1.82, 2.24) is 5.32 Å². The van der Waals surface area contributed by atoms with Gasteiger partial charge in [0.15, 0.2) is 0 Å². The first-order chi connectivity index (χ1) is 12.0. The van der Waals surface area contributed by atoms with Crippen molar-refractivity contribution in [3.63, 3.8) is 0 Å². The highest BCUT2D eigenvalue weighted by Crippen LogP contribution is 2.18. The number of carbonyl (C=O) groups excluding carboxylic acids is 2. The number of primary amides is 1. The molecule has 7 heteroatoms. The second-order valence-corrected chi connectivity index (χ2v) is 5.18. The van der Waals surface area contributed by atoms with Crippen LogP contribution in [-0.4, -0.2) is 26.2 Å². The molecule has 0 bridgehead atoms. The van der Waals surface area contributed by atoms with Gasteiger partial charge in [0.25, 0.3) is 0 Å². The second-order valence-electron chi connectivity index (χ2n) is 5.18. The van der Waals surface area contributed by atoms with Crippen LogP contribution < -0.4 is 20.5 Å². The molecule has 2 amide bonds. The Kier molecular flexibility index (Phi) is 6.22. The molecular formula is C18H20N2O5. The lowest BCUT2D eigenvalue weighted by Crippen LogP contribution is -2.37. The van der Waals surface area contributed by atoms with E-state index in [4.69, 9.17) is 19.9 Å². The molecule has 0 spiro atoms. The highest BCUT2D eigenvalue weighted by molar-refractivity contribution is 5.85. The lowest BCUT2D eigenvalue weighted by atomic mass is 10.1. The standard InChI is InChI=1S/C18H20N2O5/c1-23-14-7-3-12(4-8-14)11-25-18(22)20-16(17(19)21)13-5-9-15(24-2)10-6-13/h3-10,16H,11H2,1-2H3,(H2,19,21)(H,20,22). The van der Waals surface area contributed by atoms with Crippen molar-refractivity contribution in [1.29, 1.82) is 0 Å². The predicted molar refractivity (Wildman–Crippen MR) is 91.2 cm³/mol. The molecule has 7 nitrogen and oxygen atoms in total. The molecule has 1 atom stereocenters. The van der Waals surface area contributed by atoms with Crippen molar-refractivity contribution < 1.29 is 23.8 Å². The summed E-state index contributed by atoms with van der Waals surface area (Å²) in [4.78, 5) is 23.6. The molecular weight excluding hydrogens is 324 g/mol. The van der Waals surface area contributed by atoms with E-state index in [-0.39, 0.29) is 6.61 Å². The zero-order valence-electron chi connectivity index (χ0n) is 14.0. The molecule has 0 aliphatic heterocycles. The van der Waals surface area contributed by atoms with E-state index in [0.29, 0.717) is 17.1 Å². The minimum Gasteiger partial charge on any atom is -0.497 e. The lowest BCUT2D eigenvalue weighted by Gasteiger charge is -2.16. The molecule has 132 valence electrons. The van der Waals surface area contributed by atoms with Gasteiger partial charge >= 0.3 is 6.09 Å². The molecule has 25 heavy (non-hydrogen) atoms. The normalized spacial score (nSPS) is 11.3. The van der Waals surface area contributed by atoms with Crippen LogP contribution in [0.25, 0.3) is 0 Å². The number of ether oxygens (including phenoxy) is 3. The fourth-order valence-corrected chi connectivity index (χ4v) is 2.15. The van der Waals surface area contributed by atoms with Crippen LogP contribution in [0.2, 0.25) is 0 Å². The lowest BCUT2D eigenvalue weighted by molar-refractivity contribution is -0.120. The van der Waals surface area contributed by atoms with Crippen molar-refractivity contribution in [2.75, 3.05) is 14.2 Å². The summed E-state index contributed by atoms with van der Waals surface area (Å²) in [6.45, 7) is 0.0594. The molecule has 1 unspecified atom stereocenters. The van der Waals surface area contributed by atoms with Crippen LogP contribution in [0, 0.1) is 0 Å². The van der Waals surface area contributed by atoms with E-state index in [1.165, 1.54) is 7.11 Å². The summed E-state index contributed by atoms with van der Waals surface area (Å²) < 4.78 is 15.2. The summed E-state index contributed by atoms with van der Waals surface area (Å²) >= 11 is 0. The van der Waals surface area contributed by atoms with Gasteiger partial charge in [0, 0.05) is 0 Å². The minimum absolute atomic E-state index is 0.0594. The largest absolute Gasteiger partial charge is 0.497 e. The molecule has 0 aliphatic carbocycles. The number of nitrogens with one attached hydrogen (secondary N) is 1. The number of benzene rings is 2. The van der Waals surface area contributed by atoms with Crippen molar-refractivity contribution in [2.24, 2.45) is 5.73 Å². The molecule has 3 N–H and O–H groups in total. The summed E-state index contributed by atoms with van der Waals surface area (Å²) in [7, 11) is 3.11. The summed E-state index contributed by atoms with van der Waals surface area (Å²) in [5, 5.41) is 2.46. The van der Waals surface area contributed by atoms with Gasteiger partial charge in [-0.1, -0.05) is 24.3 Å². The third-order valence-corrected chi connectivity index (χ3v) is 3.52. The van der Waals surface area contributed by atoms with Gasteiger partial charge < -0.3 is 25.3 Å².